The van der Waals surface area contributed by atoms with Crippen LogP contribution in [0.1, 0.15) is 35.7 Å². The van der Waals surface area contributed by atoms with E-state index in [0.717, 1.165) is 24.0 Å². The van der Waals surface area contributed by atoms with E-state index < -0.39 is 0 Å². The van der Waals surface area contributed by atoms with Gasteiger partial charge in [-0.15, -0.1) is 0 Å². The van der Waals surface area contributed by atoms with Crippen LogP contribution in [0.4, 0.5) is 4.39 Å². The van der Waals surface area contributed by atoms with Gasteiger partial charge in [-0.05, 0) is 55.5 Å². The molecule has 1 amide bonds. The van der Waals surface area contributed by atoms with Gasteiger partial charge in [0.1, 0.15) is 17.2 Å². The van der Waals surface area contributed by atoms with Crippen molar-refractivity contribution in [3.63, 3.8) is 0 Å². The number of hydrogen-bond acceptors (Lipinski definition) is 6. The number of piperidine rings is 1. The Hall–Kier alpha value is -3.16. The molecule has 3 heterocycles. The number of likely N-dealkylation sites (tertiary alicyclic amines) is 1. The molecule has 1 aliphatic rings. The van der Waals surface area contributed by atoms with Crippen molar-refractivity contribution in [2.24, 2.45) is 0 Å². The molecule has 1 saturated heterocycles. The van der Waals surface area contributed by atoms with Crippen molar-refractivity contribution in [2.45, 2.75) is 32.1 Å². The molecule has 1 aliphatic heterocycles. The fraction of sp³-hybridized carbons (Fsp3) is 0.350. The number of carbonyl (C=O) groups is 1. The summed E-state index contributed by atoms with van der Waals surface area (Å²) >= 11 is 0. The third-order valence-electron chi connectivity index (χ3n) is 5.16. The number of amides is 1. The molecule has 7 nitrogen and oxygen atoms in total. The third-order valence-corrected chi connectivity index (χ3v) is 5.16. The van der Waals surface area contributed by atoms with E-state index in [1.165, 1.54) is 12.1 Å². The Morgan fingerprint density at radius 1 is 1.14 bits per heavy atom. The van der Waals surface area contributed by atoms with Crippen LogP contribution in [0, 0.1) is 12.7 Å². The zero-order valence-electron chi connectivity index (χ0n) is 15.5. The molecule has 0 radical (unpaired) electrons. The molecular formula is C20H20FN5O2. The van der Waals surface area contributed by atoms with Crippen molar-refractivity contribution in [1.29, 1.82) is 0 Å². The second-order valence-corrected chi connectivity index (χ2v) is 6.98. The Morgan fingerprint density at radius 3 is 2.43 bits per heavy atom. The maximum atomic E-state index is 13.0. The highest BCUT2D eigenvalue weighted by molar-refractivity contribution is 5.78. The first kappa shape index (κ1) is 18.2. The second kappa shape index (κ2) is 7.84. The van der Waals surface area contributed by atoms with Crippen LogP contribution in [0.3, 0.4) is 0 Å². The number of halogens is 1. The van der Waals surface area contributed by atoms with Crippen LogP contribution in [0.15, 0.2) is 41.3 Å². The molecule has 2 aromatic heterocycles. The summed E-state index contributed by atoms with van der Waals surface area (Å²) in [7, 11) is 0. The van der Waals surface area contributed by atoms with Crippen LogP contribution < -0.4 is 0 Å². The van der Waals surface area contributed by atoms with Crippen LogP contribution in [0.2, 0.25) is 0 Å². The first-order valence-electron chi connectivity index (χ1n) is 9.24. The summed E-state index contributed by atoms with van der Waals surface area (Å²) in [6.45, 7) is 3.15. The van der Waals surface area contributed by atoms with Crippen molar-refractivity contribution in [1.82, 2.24) is 25.2 Å². The van der Waals surface area contributed by atoms with Crippen LogP contribution >= 0.6 is 0 Å². The monoisotopic (exact) mass is 381 g/mol. The summed E-state index contributed by atoms with van der Waals surface area (Å²) in [5, 5.41) is 7.49. The predicted octanol–water partition coefficient (Wildman–Crippen LogP) is 2.92. The van der Waals surface area contributed by atoms with Crippen molar-refractivity contribution < 1.29 is 13.8 Å². The van der Waals surface area contributed by atoms with E-state index in [0.29, 0.717) is 36.2 Å². The van der Waals surface area contributed by atoms with Gasteiger partial charge in [0.15, 0.2) is 5.82 Å². The topological polar surface area (TPSA) is 85.0 Å². The van der Waals surface area contributed by atoms with Crippen LogP contribution in [-0.4, -0.2) is 44.2 Å². The molecule has 144 valence electrons. The van der Waals surface area contributed by atoms with E-state index in [1.54, 1.807) is 19.1 Å². The standard InChI is InChI=1S/C20H20FN5O2/c1-13-18(25-28-24-13)10-19(27)26-8-6-14(7-9-26)16-11-22-20(23-12-16)15-2-4-17(21)5-3-15/h2-5,11-12,14H,6-10H2,1H3. The van der Waals surface area contributed by atoms with Gasteiger partial charge in [0.25, 0.3) is 0 Å². The SMILES string of the molecule is Cc1nonc1CC(=O)N1CCC(c2cnc(-c3ccc(F)cc3)nc2)CC1. The number of carbonyl (C=O) groups excluding carboxylic acids is 1. The zero-order valence-corrected chi connectivity index (χ0v) is 15.5. The minimum Gasteiger partial charge on any atom is -0.342 e. The van der Waals surface area contributed by atoms with Gasteiger partial charge < -0.3 is 4.90 Å². The molecule has 28 heavy (non-hydrogen) atoms. The summed E-state index contributed by atoms with van der Waals surface area (Å²) in [5.41, 5.74) is 3.10. The largest absolute Gasteiger partial charge is 0.342 e. The molecule has 1 fully saturated rings. The molecule has 0 atom stereocenters. The first-order valence-corrected chi connectivity index (χ1v) is 9.24. The number of hydrogen-bond donors (Lipinski definition) is 0. The number of benzene rings is 1. The predicted molar refractivity (Wildman–Crippen MR) is 98.7 cm³/mol. The molecular weight excluding hydrogens is 361 g/mol. The lowest BCUT2D eigenvalue weighted by Gasteiger charge is -2.32. The van der Waals surface area contributed by atoms with Gasteiger partial charge in [0.2, 0.25) is 5.91 Å². The fourth-order valence-corrected chi connectivity index (χ4v) is 3.42. The quantitative estimate of drug-likeness (QED) is 0.691. The number of rotatable bonds is 4. The summed E-state index contributed by atoms with van der Waals surface area (Å²) in [6, 6.07) is 6.13. The maximum absolute atomic E-state index is 13.0. The van der Waals surface area contributed by atoms with Gasteiger partial charge >= 0.3 is 0 Å². The average Bonchev–Trinajstić information content (AvgIpc) is 3.13. The van der Waals surface area contributed by atoms with Crippen molar-refractivity contribution in [3.8, 4) is 11.4 Å². The van der Waals surface area contributed by atoms with Crippen LogP contribution in [0.25, 0.3) is 11.4 Å². The van der Waals surface area contributed by atoms with Crippen molar-refractivity contribution in [2.75, 3.05) is 13.1 Å². The number of aromatic nitrogens is 4. The molecule has 0 spiro atoms. The van der Waals surface area contributed by atoms with E-state index in [4.69, 9.17) is 0 Å². The third kappa shape index (κ3) is 3.90. The molecule has 3 aromatic rings. The second-order valence-electron chi connectivity index (χ2n) is 6.98. The summed E-state index contributed by atoms with van der Waals surface area (Å²) in [4.78, 5) is 23.2. The van der Waals surface area contributed by atoms with Gasteiger partial charge in [0, 0.05) is 31.0 Å². The van der Waals surface area contributed by atoms with E-state index >= 15 is 0 Å². The average molecular weight is 381 g/mol. The fourth-order valence-electron chi connectivity index (χ4n) is 3.42. The van der Waals surface area contributed by atoms with Crippen LogP contribution in [-0.2, 0) is 11.2 Å². The molecule has 0 bridgehead atoms. The number of aryl methyl sites for hydroxylation is 1. The van der Waals surface area contributed by atoms with Gasteiger partial charge in [-0.2, -0.15) is 0 Å². The normalized spacial score (nSPS) is 15.0. The lowest BCUT2D eigenvalue weighted by molar-refractivity contribution is -0.131. The Labute approximate surface area is 161 Å². The summed E-state index contributed by atoms with van der Waals surface area (Å²) < 4.78 is 17.7. The lowest BCUT2D eigenvalue weighted by atomic mass is 9.91. The number of nitrogens with zero attached hydrogens (tertiary/aromatic N) is 5. The Morgan fingerprint density at radius 2 is 1.82 bits per heavy atom. The lowest BCUT2D eigenvalue weighted by Crippen LogP contribution is -2.39. The van der Waals surface area contributed by atoms with Crippen LogP contribution in [0.5, 0.6) is 0 Å². The van der Waals surface area contributed by atoms with E-state index in [-0.39, 0.29) is 18.1 Å². The molecule has 1 aromatic carbocycles. The van der Waals surface area contributed by atoms with E-state index in [1.807, 2.05) is 17.3 Å². The van der Waals surface area contributed by atoms with E-state index in [9.17, 15) is 9.18 Å². The zero-order chi connectivity index (χ0) is 19.5. The van der Waals surface area contributed by atoms with Gasteiger partial charge in [0.05, 0.1) is 6.42 Å². The van der Waals surface area contributed by atoms with Gasteiger partial charge in [-0.1, -0.05) is 10.3 Å². The smallest absolute Gasteiger partial charge is 0.228 e. The summed E-state index contributed by atoms with van der Waals surface area (Å²) in [6.07, 6.45) is 5.61. The molecule has 4 rings (SSSR count). The van der Waals surface area contributed by atoms with Crippen molar-refractivity contribution in [3.05, 3.63) is 59.4 Å². The van der Waals surface area contributed by atoms with E-state index in [2.05, 4.69) is 24.9 Å². The highest BCUT2D eigenvalue weighted by Gasteiger charge is 2.25. The highest BCUT2D eigenvalue weighted by atomic mass is 19.1. The Bertz CT molecular complexity index is 947. The minimum absolute atomic E-state index is 0.0418. The van der Waals surface area contributed by atoms with Crippen molar-refractivity contribution >= 4 is 5.91 Å². The first-order chi connectivity index (χ1) is 13.6. The Balaban J connectivity index is 1.35. The summed E-state index contributed by atoms with van der Waals surface area (Å²) in [5.74, 6) is 0.659. The Kier molecular flexibility index (Phi) is 5.10. The highest BCUT2D eigenvalue weighted by Crippen LogP contribution is 2.28. The van der Waals surface area contributed by atoms with Gasteiger partial charge in [-0.3, -0.25) is 4.79 Å². The molecule has 0 aliphatic carbocycles. The molecule has 0 saturated carbocycles. The molecule has 0 N–H and O–H groups in total. The van der Waals surface area contributed by atoms with Gasteiger partial charge in [-0.25, -0.2) is 19.0 Å². The minimum atomic E-state index is -0.281. The molecule has 0 unspecified atom stereocenters. The molecule has 8 heteroatoms. The maximum Gasteiger partial charge on any atom is 0.228 e.